The van der Waals surface area contributed by atoms with Crippen LogP contribution in [0.2, 0.25) is 0 Å². The van der Waals surface area contributed by atoms with E-state index in [1.807, 2.05) is 0 Å². The summed E-state index contributed by atoms with van der Waals surface area (Å²) in [5.74, 6) is -0.246. The molecule has 7 heteroatoms. The molecule has 1 atom stereocenters. The fourth-order valence-electron chi connectivity index (χ4n) is 2.44. The van der Waals surface area contributed by atoms with Gasteiger partial charge in [0.1, 0.15) is 0 Å². The third kappa shape index (κ3) is 4.92. The Morgan fingerprint density at radius 2 is 1.95 bits per heavy atom. The summed E-state index contributed by atoms with van der Waals surface area (Å²) in [6.07, 6.45) is 2.91. The summed E-state index contributed by atoms with van der Waals surface area (Å²) in [6, 6.07) is 0.0603. The zero-order valence-electron chi connectivity index (χ0n) is 12.1. The number of halogens is 1. The lowest BCUT2D eigenvalue weighted by molar-refractivity contribution is -0.122. The van der Waals surface area contributed by atoms with Crippen LogP contribution in [0.25, 0.3) is 0 Å². The van der Waals surface area contributed by atoms with Crippen LogP contribution in [-0.2, 0) is 4.79 Å². The van der Waals surface area contributed by atoms with E-state index in [4.69, 9.17) is 5.73 Å². The molecule has 0 aromatic heterocycles. The lowest BCUT2D eigenvalue weighted by Gasteiger charge is -2.42. The van der Waals surface area contributed by atoms with E-state index in [-0.39, 0.29) is 48.4 Å². The van der Waals surface area contributed by atoms with E-state index in [0.717, 1.165) is 32.4 Å². The number of nitrogens with two attached hydrogens (primary N) is 1. The van der Waals surface area contributed by atoms with Gasteiger partial charge in [0.2, 0.25) is 5.91 Å². The molecule has 116 valence electrons. The Bertz CT molecular complexity index is 371. The highest BCUT2D eigenvalue weighted by Crippen LogP contribution is 2.27. The van der Waals surface area contributed by atoms with Crippen LogP contribution in [-0.4, -0.2) is 48.6 Å². The van der Waals surface area contributed by atoms with Gasteiger partial charge in [-0.05, 0) is 24.7 Å². The van der Waals surface area contributed by atoms with E-state index in [2.05, 4.69) is 29.4 Å². The Kier molecular flexibility index (Phi) is 5.79. The van der Waals surface area contributed by atoms with Crippen molar-refractivity contribution in [1.82, 2.24) is 15.5 Å². The van der Waals surface area contributed by atoms with Crippen LogP contribution in [0.3, 0.4) is 0 Å². The Hall–Kier alpha value is -0.850. The number of imide groups is 1. The van der Waals surface area contributed by atoms with E-state index < -0.39 is 0 Å². The highest BCUT2D eigenvalue weighted by Gasteiger charge is 2.34. The van der Waals surface area contributed by atoms with Crippen LogP contribution < -0.4 is 16.4 Å². The SMILES string of the molecule is CC1(C)CN(CC(=O)NC(=O)NC2CC2)CCC1N.Cl. The molecule has 6 nitrogen and oxygen atoms in total. The Morgan fingerprint density at radius 1 is 1.30 bits per heavy atom. The van der Waals surface area contributed by atoms with Gasteiger partial charge in [-0.2, -0.15) is 0 Å². The zero-order chi connectivity index (χ0) is 14.0. The number of nitrogens with one attached hydrogen (secondary N) is 2. The van der Waals surface area contributed by atoms with E-state index in [0.29, 0.717) is 0 Å². The first-order valence-corrected chi connectivity index (χ1v) is 6.95. The Morgan fingerprint density at radius 3 is 2.50 bits per heavy atom. The number of rotatable bonds is 3. The maximum atomic E-state index is 11.8. The number of piperidine rings is 1. The summed E-state index contributed by atoms with van der Waals surface area (Å²) >= 11 is 0. The molecule has 2 aliphatic rings. The third-order valence-corrected chi connectivity index (χ3v) is 3.92. The van der Waals surface area contributed by atoms with Crippen molar-refractivity contribution >= 4 is 24.3 Å². The van der Waals surface area contributed by atoms with Gasteiger partial charge in [0.05, 0.1) is 6.54 Å². The largest absolute Gasteiger partial charge is 0.335 e. The smallest absolute Gasteiger partial charge is 0.321 e. The molecule has 1 aliphatic heterocycles. The van der Waals surface area contributed by atoms with Gasteiger partial charge < -0.3 is 11.1 Å². The average molecular weight is 305 g/mol. The van der Waals surface area contributed by atoms with E-state index in [9.17, 15) is 9.59 Å². The number of nitrogens with zero attached hydrogens (tertiary/aromatic N) is 1. The van der Waals surface area contributed by atoms with Crippen molar-refractivity contribution < 1.29 is 9.59 Å². The van der Waals surface area contributed by atoms with Gasteiger partial charge in [-0.25, -0.2) is 4.79 Å². The van der Waals surface area contributed by atoms with Gasteiger partial charge in [-0.15, -0.1) is 12.4 Å². The number of carbonyl (C=O) groups is 2. The van der Waals surface area contributed by atoms with E-state index >= 15 is 0 Å². The number of carbonyl (C=O) groups excluding carboxylic acids is 2. The van der Waals surface area contributed by atoms with Gasteiger partial charge in [0, 0.05) is 25.2 Å². The molecule has 0 aromatic rings. The number of hydrogen-bond acceptors (Lipinski definition) is 4. The van der Waals surface area contributed by atoms with Crippen molar-refractivity contribution in [2.45, 2.75) is 45.2 Å². The molecule has 4 N–H and O–H groups in total. The number of urea groups is 1. The number of amides is 3. The second-order valence-corrected chi connectivity index (χ2v) is 6.39. The fourth-order valence-corrected chi connectivity index (χ4v) is 2.44. The first kappa shape index (κ1) is 17.2. The van der Waals surface area contributed by atoms with Crippen molar-refractivity contribution in [1.29, 1.82) is 0 Å². The van der Waals surface area contributed by atoms with Gasteiger partial charge in [-0.1, -0.05) is 13.8 Å². The third-order valence-electron chi connectivity index (χ3n) is 3.92. The molecule has 1 heterocycles. The van der Waals surface area contributed by atoms with E-state index in [1.165, 1.54) is 0 Å². The van der Waals surface area contributed by atoms with Gasteiger partial charge >= 0.3 is 6.03 Å². The van der Waals surface area contributed by atoms with Gasteiger partial charge in [0.15, 0.2) is 0 Å². The molecule has 1 aliphatic carbocycles. The maximum Gasteiger partial charge on any atom is 0.321 e. The minimum absolute atomic E-state index is 0. The molecule has 2 rings (SSSR count). The molecule has 2 fully saturated rings. The van der Waals surface area contributed by atoms with Gasteiger partial charge in [-0.3, -0.25) is 15.0 Å². The average Bonchev–Trinajstić information content (AvgIpc) is 3.06. The Balaban J connectivity index is 0.00000200. The summed E-state index contributed by atoms with van der Waals surface area (Å²) in [4.78, 5) is 25.3. The predicted molar refractivity (Wildman–Crippen MR) is 79.8 cm³/mol. The highest BCUT2D eigenvalue weighted by atomic mass is 35.5. The second kappa shape index (κ2) is 6.74. The minimum Gasteiger partial charge on any atom is -0.335 e. The lowest BCUT2D eigenvalue weighted by Crippen LogP contribution is -2.55. The summed E-state index contributed by atoms with van der Waals surface area (Å²) < 4.78 is 0. The van der Waals surface area contributed by atoms with Crippen LogP contribution in [0.5, 0.6) is 0 Å². The second-order valence-electron chi connectivity index (χ2n) is 6.39. The fraction of sp³-hybridized carbons (Fsp3) is 0.846. The van der Waals surface area contributed by atoms with Crippen molar-refractivity contribution in [3.05, 3.63) is 0 Å². The normalized spacial score (nSPS) is 25.4. The molecular formula is C13H25ClN4O2. The van der Waals surface area contributed by atoms with Crippen molar-refractivity contribution in [2.75, 3.05) is 19.6 Å². The topological polar surface area (TPSA) is 87.5 Å². The number of likely N-dealkylation sites (tertiary alicyclic amines) is 1. The van der Waals surface area contributed by atoms with Gasteiger partial charge in [0.25, 0.3) is 0 Å². The van der Waals surface area contributed by atoms with Crippen LogP contribution in [0, 0.1) is 5.41 Å². The zero-order valence-corrected chi connectivity index (χ0v) is 13.0. The maximum absolute atomic E-state index is 11.8. The summed E-state index contributed by atoms with van der Waals surface area (Å²) in [7, 11) is 0. The summed E-state index contributed by atoms with van der Waals surface area (Å²) in [6.45, 7) is 6.07. The highest BCUT2D eigenvalue weighted by molar-refractivity contribution is 5.95. The first-order chi connectivity index (χ1) is 8.87. The molecule has 3 amide bonds. The molecule has 0 bridgehead atoms. The van der Waals surface area contributed by atoms with Crippen LogP contribution in [0.4, 0.5) is 4.79 Å². The molecule has 1 saturated heterocycles. The minimum atomic E-state index is -0.375. The Labute approximate surface area is 126 Å². The monoisotopic (exact) mass is 304 g/mol. The van der Waals surface area contributed by atoms with E-state index in [1.54, 1.807) is 0 Å². The van der Waals surface area contributed by atoms with Crippen LogP contribution in [0.15, 0.2) is 0 Å². The quantitative estimate of drug-likeness (QED) is 0.707. The summed E-state index contributed by atoms with van der Waals surface area (Å²) in [5.41, 5.74) is 6.07. The molecule has 0 aromatic carbocycles. The molecule has 20 heavy (non-hydrogen) atoms. The lowest BCUT2D eigenvalue weighted by atomic mass is 9.80. The standard InChI is InChI=1S/C13H24N4O2.ClH/c1-13(2)8-17(6-5-10(13)14)7-11(18)16-12(19)15-9-3-4-9;/h9-10H,3-8,14H2,1-2H3,(H2,15,16,18,19);1H. The van der Waals surface area contributed by atoms with Crippen LogP contribution >= 0.6 is 12.4 Å². The molecule has 1 saturated carbocycles. The molecular weight excluding hydrogens is 280 g/mol. The van der Waals surface area contributed by atoms with Crippen molar-refractivity contribution in [3.63, 3.8) is 0 Å². The van der Waals surface area contributed by atoms with Crippen molar-refractivity contribution in [2.24, 2.45) is 11.1 Å². The first-order valence-electron chi connectivity index (χ1n) is 6.95. The molecule has 1 unspecified atom stereocenters. The van der Waals surface area contributed by atoms with Crippen LogP contribution in [0.1, 0.15) is 33.1 Å². The number of hydrogen-bond donors (Lipinski definition) is 3. The molecule has 0 spiro atoms. The molecule has 0 radical (unpaired) electrons. The summed E-state index contributed by atoms with van der Waals surface area (Å²) in [5, 5.41) is 5.11. The van der Waals surface area contributed by atoms with Crippen molar-refractivity contribution in [3.8, 4) is 0 Å². The predicted octanol–water partition coefficient (Wildman–Crippen LogP) is 0.456.